The van der Waals surface area contributed by atoms with E-state index in [9.17, 15) is 0 Å². The zero-order valence-corrected chi connectivity index (χ0v) is 13.0. The van der Waals surface area contributed by atoms with Crippen LogP contribution in [0, 0.1) is 0 Å². The summed E-state index contributed by atoms with van der Waals surface area (Å²) in [6, 6.07) is 6.69. The maximum absolute atomic E-state index is 5.70. The number of benzene rings is 1. The SMILES string of the molecule is CCc1ccc2c(c1)nc(CN1CCCC1)n2CCCN. The lowest BCUT2D eigenvalue weighted by molar-refractivity contribution is 0.316. The van der Waals surface area contributed by atoms with E-state index in [1.807, 2.05) is 0 Å². The number of hydrogen-bond acceptors (Lipinski definition) is 3. The number of nitrogens with zero attached hydrogens (tertiary/aromatic N) is 3. The summed E-state index contributed by atoms with van der Waals surface area (Å²) in [7, 11) is 0. The van der Waals surface area contributed by atoms with E-state index in [2.05, 4.69) is 34.6 Å². The van der Waals surface area contributed by atoms with Crippen LogP contribution < -0.4 is 5.73 Å². The number of rotatable bonds is 6. The molecule has 0 spiro atoms. The second-order valence-electron chi connectivity index (χ2n) is 5.98. The van der Waals surface area contributed by atoms with Crippen LogP contribution >= 0.6 is 0 Å². The maximum atomic E-state index is 5.70. The summed E-state index contributed by atoms with van der Waals surface area (Å²) < 4.78 is 2.37. The normalized spacial score (nSPS) is 16.1. The van der Waals surface area contributed by atoms with Crippen LogP contribution in [0.1, 0.15) is 37.6 Å². The Morgan fingerprint density at radius 1 is 1.24 bits per heavy atom. The largest absolute Gasteiger partial charge is 0.330 e. The van der Waals surface area contributed by atoms with Gasteiger partial charge in [0.05, 0.1) is 17.6 Å². The molecule has 0 amide bonds. The molecule has 4 nitrogen and oxygen atoms in total. The van der Waals surface area contributed by atoms with Crippen LogP contribution in [0.15, 0.2) is 18.2 Å². The molecular weight excluding hydrogens is 260 g/mol. The Balaban J connectivity index is 1.94. The van der Waals surface area contributed by atoms with Gasteiger partial charge in [0.15, 0.2) is 0 Å². The summed E-state index contributed by atoms with van der Waals surface area (Å²) in [6.45, 7) is 7.29. The minimum atomic E-state index is 0.732. The van der Waals surface area contributed by atoms with Gasteiger partial charge in [0.1, 0.15) is 5.82 Å². The zero-order chi connectivity index (χ0) is 14.7. The van der Waals surface area contributed by atoms with Crippen molar-refractivity contribution in [1.82, 2.24) is 14.5 Å². The van der Waals surface area contributed by atoms with Crippen molar-refractivity contribution >= 4 is 11.0 Å². The van der Waals surface area contributed by atoms with E-state index < -0.39 is 0 Å². The summed E-state index contributed by atoms with van der Waals surface area (Å²) >= 11 is 0. The highest BCUT2D eigenvalue weighted by Crippen LogP contribution is 2.21. The number of imidazole rings is 1. The van der Waals surface area contributed by atoms with Gasteiger partial charge in [-0.15, -0.1) is 0 Å². The van der Waals surface area contributed by atoms with Crippen LogP contribution in [-0.4, -0.2) is 34.1 Å². The van der Waals surface area contributed by atoms with Gasteiger partial charge in [0.2, 0.25) is 0 Å². The predicted octanol–water partition coefficient (Wildman–Crippen LogP) is 2.54. The predicted molar refractivity (Wildman–Crippen MR) is 87.3 cm³/mol. The summed E-state index contributed by atoms with van der Waals surface area (Å²) in [6.07, 6.45) is 4.72. The Morgan fingerprint density at radius 2 is 2.05 bits per heavy atom. The van der Waals surface area contributed by atoms with E-state index in [4.69, 9.17) is 10.7 Å². The van der Waals surface area contributed by atoms with Gasteiger partial charge in [-0.25, -0.2) is 4.98 Å². The van der Waals surface area contributed by atoms with E-state index >= 15 is 0 Å². The van der Waals surface area contributed by atoms with Crippen molar-refractivity contribution in [1.29, 1.82) is 0 Å². The van der Waals surface area contributed by atoms with Crippen LogP contribution in [0.3, 0.4) is 0 Å². The first kappa shape index (κ1) is 14.5. The van der Waals surface area contributed by atoms with Gasteiger partial charge in [-0.2, -0.15) is 0 Å². The zero-order valence-electron chi connectivity index (χ0n) is 13.0. The Morgan fingerprint density at radius 3 is 2.76 bits per heavy atom. The van der Waals surface area contributed by atoms with Gasteiger partial charge in [-0.05, 0) is 63.0 Å². The van der Waals surface area contributed by atoms with Gasteiger partial charge in [0.25, 0.3) is 0 Å². The Labute approximate surface area is 126 Å². The van der Waals surface area contributed by atoms with E-state index in [1.54, 1.807) is 0 Å². The smallest absolute Gasteiger partial charge is 0.124 e. The van der Waals surface area contributed by atoms with Gasteiger partial charge in [-0.3, -0.25) is 4.90 Å². The van der Waals surface area contributed by atoms with Crippen LogP contribution in [0.4, 0.5) is 0 Å². The molecule has 21 heavy (non-hydrogen) atoms. The summed E-state index contributed by atoms with van der Waals surface area (Å²) in [5.41, 5.74) is 9.46. The first-order chi connectivity index (χ1) is 10.3. The minimum absolute atomic E-state index is 0.732. The maximum Gasteiger partial charge on any atom is 0.124 e. The van der Waals surface area contributed by atoms with Crippen LogP contribution in [0.5, 0.6) is 0 Å². The van der Waals surface area contributed by atoms with Crippen molar-refractivity contribution in [2.24, 2.45) is 5.73 Å². The monoisotopic (exact) mass is 286 g/mol. The van der Waals surface area contributed by atoms with Crippen LogP contribution in [0.2, 0.25) is 0 Å². The molecule has 114 valence electrons. The second-order valence-corrected chi connectivity index (χ2v) is 5.98. The topological polar surface area (TPSA) is 47.1 Å². The fraction of sp³-hybridized carbons (Fsp3) is 0.588. The number of aromatic nitrogens is 2. The quantitative estimate of drug-likeness (QED) is 0.887. The van der Waals surface area contributed by atoms with Crippen LogP contribution in [-0.2, 0) is 19.5 Å². The molecule has 0 aliphatic carbocycles. The van der Waals surface area contributed by atoms with Crippen molar-refractivity contribution in [2.75, 3.05) is 19.6 Å². The molecule has 1 fully saturated rings. The van der Waals surface area contributed by atoms with Gasteiger partial charge < -0.3 is 10.3 Å². The molecule has 0 unspecified atom stereocenters. The highest BCUT2D eigenvalue weighted by atomic mass is 15.2. The molecule has 1 aliphatic rings. The van der Waals surface area contributed by atoms with Gasteiger partial charge in [0, 0.05) is 6.54 Å². The molecular formula is C17H26N4. The number of likely N-dealkylation sites (tertiary alicyclic amines) is 1. The average Bonchev–Trinajstić information content (AvgIpc) is 3.12. The third-order valence-electron chi connectivity index (χ3n) is 4.45. The second kappa shape index (κ2) is 6.58. The van der Waals surface area contributed by atoms with E-state index in [-0.39, 0.29) is 0 Å². The lowest BCUT2D eigenvalue weighted by Crippen LogP contribution is -2.21. The molecule has 1 saturated heterocycles. The van der Waals surface area contributed by atoms with Crippen molar-refractivity contribution < 1.29 is 0 Å². The van der Waals surface area contributed by atoms with Crippen molar-refractivity contribution in [3.8, 4) is 0 Å². The molecule has 0 saturated carbocycles. The summed E-state index contributed by atoms with van der Waals surface area (Å²) in [5, 5.41) is 0. The van der Waals surface area contributed by atoms with Crippen molar-refractivity contribution in [3.05, 3.63) is 29.6 Å². The van der Waals surface area contributed by atoms with E-state index in [0.717, 1.165) is 38.0 Å². The molecule has 2 N–H and O–H groups in total. The lowest BCUT2D eigenvalue weighted by Gasteiger charge is -2.15. The van der Waals surface area contributed by atoms with E-state index in [1.165, 1.54) is 42.8 Å². The highest BCUT2D eigenvalue weighted by molar-refractivity contribution is 5.77. The summed E-state index contributed by atoms with van der Waals surface area (Å²) in [5.74, 6) is 1.20. The first-order valence-electron chi connectivity index (χ1n) is 8.22. The highest BCUT2D eigenvalue weighted by Gasteiger charge is 2.17. The molecule has 2 heterocycles. The molecule has 1 aromatic carbocycles. The standard InChI is InChI=1S/C17H26N4/c1-2-14-6-7-16-15(12-14)19-17(21(16)11-5-8-18)13-20-9-3-4-10-20/h6-7,12H,2-5,8-11,13,18H2,1H3. The molecule has 4 heteroatoms. The van der Waals surface area contributed by atoms with Crippen molar-refractivity contribution in [2.45, 2.75) is 45.7 Å². The fourth-order valence-electron chi connectivity index (χ4n) is 3.21. The number of nitrogens with two attached hydrogens (primary N) is 1. The van der Waals surface area contributed by atoms with Gasteiger partial charge in [-0.1, -0.05) is 13.0 Å². The van der Waals surface area contributed by atoms with Gasteiger partial charge >= 0.3 is 0 Å². The average molecular weight is 286 g/mol. The Kier molecular flexibility index (Phi) is 4.56. The molecule has 1 aromatic heterocycles. The Hall–Kier alpha value is -1.39. The number of fused-ring (bicyclic) bond motifs is 1. The summed E-state index contributed by atoms with van der Waals surface area (Å²) in [4.78, 5) is 7.43. The molecule has 0 atom stereocenters. The fourth-order valence-corrected chi connectivity index (χ4v) is 3.21. The molecule has 1 aliphatic heterocycles. The molecule has 0 radical (unpaired) electrons. The van der Waals surface area contributed by atoms with Crippen molar-refractivity contribution in [3.63, 3.8) is 0 Å². The first-order valence-corrected chi connectivity index (χ1v) is 8.22. The minimum Gasteiger partial charge on any atom is -0.330 e. The third kappa shape index (κ3) is 3.11. The third-order valence-corrected chi connectivity index (χ3v) is 4.45. The lowest BCUT2D eigenvalue weighted by atomic mass is 10.1. The molecule has 2 aromatic rings. The Bertz CT molecular complexity index is 596. The number of aryl methyl sites for hydroxylation is 2. The van der Waals surface area contributed by atoms with E-state index in [0.29, 0.717) is 0 Å². The molecule has 3 rings (SSSR count). The number of hydrogen-bond donors (Lipinski definition) is 1. The van der Waals surface area contributed by atoms with Crippen LogP contribution in [0.25, 0.3) is 11.0 Å². The molecule has 0 bridgehead atoms.